The first-order valence-corrected chi connectivity index (χ1v) is 13.6. The van der Waals surface area contributed by atoms with E-state index in [4.69, 9.17) is 11.6 Å². The number of hydrogen-bond acceptors (Lipinski definition) is 4. The number of aryl methyl sites for hydroxylation is 1. The van der Waals surface area contributed by atoms with Crippen LogP contribution in [-0.2, 0) is 26.2 Å². The third-order valence-electron chi connectivity index (χ3n) is 5.69. The Hall–Kier alpha value is -2.58. The van der Waals surface area contributed by atoms with E-state index in [9.17, 15) is 18.0 Å². The molecular formula is C25H34ClN3O4S. The summed E-state index contributed by atoms with van der Waals surface area (Å²) < 4.78 is 26.4. The molecule has 0 aromatic heterocycles. The molecule has 0 spiro atoms. The first kappa shape index (κ1) is 27.7. The maximum Gasteiger partial charge on any atom is 0.244 e. The van der Waals surface area contributed by atoms with Crippen LogP contribution in [0.4, 0.5) is 5.69 Å². The summed E-state index contributed by atoms with van der Waals surface area (Å²) in [7, 11) is -3.79. The molecule has 2 amide bonds. The molecule has 9 heteroatoms. The highest BCUT2D eigenvalue weighted by molar-refractivity contribution is 7.92. The van der Waals surface area contributed by atoms with Gasteiger partial charge in [0.15, 0.2) is 0 Å². The van der Waals surface area contributed by atoms with Crippen LogP contribution in [0.5, 0.6) is 0 Å². The monoisotopic (exact) mass is 507 g/mol. The predicted molar refractivity (Wildman–Crippen MR) is 137 cm³/mol. The van der Waals surface area contributed by atoms with Gasteiger partial charge in [0.25, 0.3) is 0 Å². The van der Waals surface area contributed by atoms with Crippen LogP contribution in [0.25, 0.3) is 0 Å². The average molecular weight is 508 g/mol. The summed E-state index contributed by atoms with van der Waals surface area (Å²) in [6.45, 7) is 7.20. The van der Waals surface area contributed by atoms with E-state index in [1.165, 1.54) is 4.90 Å². The summed E-state index contributed by atoms with van der Waals surface area (Å²) in [5, 5.41) is 3.42. The van der Waals surface area contributed by atoms with Crippen LogP contribution in [0.1, 0.15) is 44.7 Å². The molecule has 186 valence electrons. The highest BCUT2D eigenvalue weighted by Gasteiger charge is 2.32. The van der Waals surface area contributed by atoms with Crippen LogP contribution >= 0.6 is 11.6 Å². The van der Waals surface area contributed by atoms with Crippen molar-refractivity contribution >= 4 is 39.1 Å². The second-order valence-corrected chi connectivity index (χ2v) is 10.8. The summed E-state index contributed by atoms with van der Waals surface area (Å²) in [6.07, 6.45) is 2.20. The van der Waals surface area contributed by atoms with Gasteiger partial charge in [0.2, 0.25) is 21.8 Å². The highest BCUT2D eigenvalue weighted by atomic mass is 35.5. The van der Waals surface area contributed by atoms with Gasteiger partial charge in [-0.25, -0.2) is 8.42 Å². The topological polar surface area (TPSA) is 86.8 Å². The van der Waals surface area contributed by atoms with Crippen molar-refractivity contribution in [1.29, 1.82) is 0 Å². The maximum atomic E-state index is 13.6. The Morgan fingerprint density at radius 3 is 2.24 bits per heavy atom. The first-order chi connectivity index (χ1) is 16.0. The Morgan fingerprint density at radius 1 is 1.06 bits per heavy atom. The summed E-state index contributed by atoms with van der Waals surface area (Å²) in [5.74, 6) is -0.718. The van der Waals surface area contributed by atoms with Crippen molar-refractivity contribution in [3.05, 3.63) is 64.7 Å². The molecule has 0 aliphatic carbocycles. The Morgan fingerprint density at radius 2 is 1.71 bits per heavy atom. The largest absolute Gasteiger partial charge is 0.352 e. The predicted octanol–water partition coefficient (Wildman–Crippen LogP) is 4.14. The molecule has 2 rings (SSSR count). The lowest BCUT2D eigenvalue weighted by atomic mass is 10.1. The lowest BCUT2D eigenvalue weighted by molar-refractivity contribution is -0.140. The van der Waals surface area contributed by atoms with Gasteiger partial charge in [0, 0.05) is 17.6 Å². The summed E-state index contributed by atoms with van der Waals surface area (Å²) in [4.78, 5) is 28.2. The molecule has 2 atom stereocenters. The lowest BCUT2D eigenvalue weighted by Gasteiger charge is -2.33. The van der Waals surface area contributed by atoms with Crippen molar-refractivity contribution in [2.45, 2.75) is 59.2 Å². The fourth-order valence-electron chi connectivity index (χ4n) is 3.63. The first-order valence-electron chi connectivity index (χ1n) is 11.4. The summed E-state index contributed by atoms with van der Waals surface area (Å²) in [5.41, 5.74) is 1.85. The molecule has 2 unspecified atom stereocenters. The zero-order chi connectivity index (χ0) is 25.5. The molecule has 0 saturated carbocycles. The van der Waals surface area contributed by atoms with E-state index in [0.29, 0.717) is 22.7 Å². The van der Waals surface area contributed by atoms with Crippen molar-refractivity contribution in [2.75, 3.05) is 17.1 Å². The number of hydrogen-bond donors (Lipinski definition) is 1. The van der Waals surface area contributed by atoms with Crippen molar-refractivity contribution in [3.8, 4) is 0 Å². The maximum absolute atomic E-state index is 13.6. The van der Waals surface area contributed by atoms with E-state index in [1.54, 1.807) is 25.1 Å². The van der Waals surface area contributed by atoms with E-state index in [1.807, 2.05) is 51.1 Å². The lowest BCUT2D eigenvalue weighted by Crippen LogP contribution is -2.53. The minimum atomic E-state index is -3.79. The Balaban J connectivity index is 2.44. The minimum absolute atomic E-state index is 0.0422. The van der Waals surface area contributed by atoms with Crippen LogP contribution in [0.2, 0.25) is 5.02 Å². The van der Waals surface area contributed by atoms with Crippen LogP contribution in [0.15, 0.2) is 48.5 Å². The van der Waals surface area contributed by atoms with Crippen LogP contribution in [0.3, 0.4) is 0 Å². The number of sulfonamides is 1. The van der Waals surface area contributed by atoms with Gasteiger partial charge >= 0.3 is 0 Å². The molecule has 34 heavy (non-hydrogen) atoms. The average Bonchev–Trinajstić information content (AvgIpc) is 2.77. The van der Waals surface area contributed by atoms with Gasteiger partial charge in [-0.1, -0.05) is 55.8 Å². The zero-order valence-corrected chi connectivity index (χ0v) is 22.0. The van der Waals surface area contributed by atoms with E-state index in [2.05, 4.69) is 5.32 Å². The Labute approximate surface area is 208 Å². The fourth-order valence-corrected chi connectivity index (χ4v) is 4.77. The molecule has 1 N–H and O–H groups in total. The van der Waals surface area contributed by atoms with Gasteiger partial charge in [-0.3, -0.25) is 13.9 Å². The van der Waals surface area contributed by atoms with Gasteiger partial charge in [-0.05, 0) is 56.0 Å². The smallest absolute Gasteiger partial charge is 0.244 e. The van der Waals surface area contributed by atoms with Gasteiger partial charge in [-0.2, -0.15) is 0 Å². The number of anilines is 1. The number of carbonyl (C=O) groups is 2. The number of rotatable bonds is 11. The van der Waals surface area contributed by atoms with Gasteiger partial charge < -0.3 is 10.2 Å². The third kappa shape index (κ3) is 7.46. The SMILES string of the molecule is CCC(C)NC(=O)C(CC)N(Cc1ccccc1)C(=O)CN(c1ccc(Cl)cc1C)S(C)(=O)=O. The molecule has 0 aliphatic heterocycles. The third-order valence-corrected chi connectivity index (χ3v) is 7.05. The Bertz CT molecular complexity index is 1090. The number of carbonyl (C=O) groups excluding carboxylic acids is 2. The molecule has 0 saturated heterocycles. The zero-order valence-electron chi connectivity index (χ0n) is 20.4. The number of benzene rings is 2. The van der Waals surface area contributed by atoms with Crippen LogP contribution in [0, 0.1) is 6.92 Å². The molecule has 0 radical (unpaired) electrons. The quantitative estimate of drug-likeness (QED) is 0.495. The van der Waals surface area contributed by atoms with Crippen molar-refractivity contribution in [1.82, 2.24) is 10.2 Å². The molecule has 2 aromatic carbocycles. The van der Waals surface area contributed by atoms with E-state index in [0.717, 1.165) is 22.5 Å². The second kappa shape index (κ2) is 12.2. The van der Waals surface area contributed by atoms with Crippen molar-refractivity contribution < 1.29 is 18.0 Å². The van der Waals surface area contributed by atoms with Gasteiger partial charge in [-0.15, -0.1) is 0 Å². The van der Waals surface area contributed by atoms with Crippen molar-refractivity contribution in [2.24, 2.45) is 0 Å². The molecule has 0 heterocycles. The number of nitrogens with one attached hydrogen (secondary N) is 1. The van der Waals surface area contributed by atoms with E-state index < -0.39 is 28.5 Å². The molecule has 0 aliphatic rings. The molecular weight excluding hydrogens is 474 g/mol. The van der Waals surface area contributed by atoms with Crippen molar-refractivity contribution in [3.63, 3.8) is 0 Å². The normalized spacial score (nSPS) is 13.1. The number of nitrogens with zero attached hydrogens (tertiary/aromatic N) is 2. The van der Waals surface area contributed by atoms with Crippen LogP contribution in [-0.4, -0.2) is 50.0 Å². The minimum Gasteiger partial charge on any atom is -0.352 e. The number of amides is 2. The van der Waals surface area contributed by atoms with Gasteiger partial charge in [0.1, 0.15) is 12.6 Å². The van der Waals surface area contributed by atoms with E-state index in [-0.39, 0.29) is 18.5 Å². The summed E-state index contributed by atoms with van der Waals surface area (Å²) in [6, 6.07) is 13.4. The van der Waals surface area contributed by atoms with E-state index >= 15 is 0 Å². The number of halogens is 1. The molecule has 7 nitrogen and oxygen atoms in total. The molecule has 0 bridgehead atoms. The molecule has 2 aromatic rings. The fraction of sp³-hybridized carbons (Fsp3) is 0.440. The standard InChI is InChI=1S/C25H34ClN3O4S/c1-6-19(4)27-25(31)22(7-2)28(16-20-11-9-8-10-12-20)24(30)17-29(34(5,32)33)23-14-13-21(26)15-18(23)3/h8-15,19,22H,6-7,16-17H2,1-5H3,(H,27,31). The Kier molecular flexibility index (Phi) is 9.94. The molecule has 0 fully saturated rings. The highest BCUT2D eigenvalue weighted by Crippen LogP contribution is 2.26. The van der Waals surface area contributed by atoms with Crippen LogP contribution < -0.4 is 9.62 Å². The summed E-state index contributed by atoms with van der Waals surface area (Å²) >= 11 is 6.04. The second-order valence-electron chi connectivity index (χ2n) is 8.45. The van der Waals surface area contributed by atoms with Gasteiger partial charge in [0.05, 0.1) is 11.9 Å².